The van der Waals surface area contributed by atoms with Gasteiger partial charge in [-0.05, 0) is 50.1 Å². The number of hydrogen-bond acceptors (Lipinski definition) is 6. The lowest BCUT2D eigenvalue weighted by Gasteiger charge is -2.29. The van der Waals surface area contributed by atoms with Gasteiger partial charge in [-0.2, -0.15) is 0 Å². The number of para-hydroxylation sites is 1. The van der Waals surface area contributed by atoms with Gasteiger partial charge < -0.3 is 28.5 Å². The fourth-order valence-electron chi connectivity index (χ4n) is 5.51. The van der Waals surface area contributed by atoms with Gasteiger partial charge in [0.05, 0.1) is 30.4 Å². The Balaban J connectivity index is 1.65. The SMILES string of the molecule is CCOC(=O)c1c(C(=O)OCC)c2n(c1C)[C@H](c1ccc3c(c1)OCO3)c1[nH]c3ccccc3c1C2. The predicted octanol–water partition coefficient (Wildman–Crippen LogP) is 4.90. The highest BCUT2D eigenvalue weighted by atomic mass is 16.7. The molecule has 184 valence electrons. The second-order valence-electron chi connectivity index (χ2n) is 8.85. The third-order valence-electron chi connectivity index (χ3n) is 6.95. The molecule has 8 nitrogen and oxygen atoms in total. The standard InChI is InChI=1S/C28H26N2O6/c1-4-33-27(31)23-15(3)30-20(24(23)28(32)34-5-2)13-18-17-8-6-7-9-19(17)29-25(18)26(30)16-10-11-21-22(12-16)36-14-35-21/h6-12,26,29H,4-5,13-14H2,1-3H3/t26-/m1/s1. The van der Waals surface area contributed by atoms with Gasteiger partial charge in [-0.3, -0.25) is 0 Å². The van der Waals surface area contributed by atoms with Crippen molar-refractivity contribution in [1.29, 1.82) is 0 Å². The minimum absolute atomic E-state index is 0.175. The third-order valence-corrected chi connectivity index (χ3v) is 6.95. The summed E-state index contributed by atoms with van der Waals surface area (Å²) in [6.07, 6.45) is 0.467. The number of H-pyrrole nitrogens is 1. The van der Waals surface area contributed by atoms with E-state index in [2.05, 4.69) is 15.6 Å². The smallest absolute Gasteiger partial charge is 0.340 e. The Morgan fingerprint density at radius 2 is 1.72 bits per heavy atom. The molecule has 0 amide bonds. The maximum atomic E-state index is 13.3. The van der Waals surface area contributed by atoms with E-state index in [1.165, 1.54) is 0 Å². The van der Waals surface area contributed by atoms with Crippen LogP contribution >= 0.6 is 0 Å². The van der Waals surface area contributed by atoms with Crippen molar-refractivity contribution in [3.8, 4) is 11.5 Å². The Bertz CT molecular complexity index is 1530. The molecule has 4 heterocycles. The van der Waals surface area contributed by atoms with Crippen LogP contribution in [0.4, 0.5) is 0 Å². The first-order valence-corrected chi connectivity index (χ1v) is 12.1. The van der Waals surface area contributed by atoms with Crippen LogP contribution in [0.15, 0.2) is 42.5 Å². The van der Waals surface area contributed by atoms with Crippen LogP contribution in [0.25, 0.3) is 10.9 Å². The largest absolute Gasteiger partial charge is 0.462 e. The highest BCUT2D eigenvalue weighted by Gasteiger charge is 2.39. The molecule has 0 saturated heterocycles. The summed E-state index contributed by atoms with van der Waals surface area (Å²) in [6, 6.07) is 13.6. The molecule has 0 radical (unpaired) electrons. The van der Waals surface area contributed by atoms with Crippen molar-refractivity contribution in [3.63, 3.8) is 0 Å². The van der Waals surface area contributed by atoms with Gasteiger partial charge in [0.2, 0.25) is 6.79 Å². The van der Waals surface area contributed by atoms with Crippen molar-refractivity contribution in [2.45, 2.75) is 33.2 Å². The van der Waals surface area contributed by atoms with Crippen molar-refractivity contribution < 1.29 is 28.5 Å². The lowest BCUT2D eigenvalue weighted by Crippen LogP contribution is -2.23. The van der Waals surface area contributed by atoms with Crippen LogP contribution in [-0.4, -0.2) is 41.5 Å². The second-order valence-corrected chi connectivity index (χ2v) is 8.85. The van der Waals surface area contributed by atoms with Gasteiger partial charge in [0, 0.05) is 34.4 Å². The summed E-state index contributed by atoms with van der Waals surface area (Å²) in [5, 5.41) is 1.08. The number of rotatable bonds is 5. The summed E-state index contributed by atoms with van der Waals surface area (Å²) < 4.78 is 24.1. The Morgan fingerprint density at radius 3 is 2.50 bits per heavy atom. The van der Waals surface area contributed by atoms with Crippen LogP contribution in [0.1, 0.15) is 68.8 Å². The highest BCUT2D eigenvalue weighted by Crippen LogP contribution is 2.45. The number of carbonyl (C=O) groups is 2. The number of esters is 2. The van der Waals surface area contributed by atoms with E-state index >= 15 is 0 Å². The number of nitrogens with one attached hydrogen (secondary N) is 1. The molecule has 0 fully saturated rings. The number of fused-ring (bicyclic) bond motifs is 5. The summed E-state index contributed by atoms with van der Waals surface area (Å²) >= 11 is 0. The molecule has 4 aromatic rings. The third kappa shape index (κ3) is 3.21. The zero-order chi connectivity index (χ0) is 25.0. The van der Waals surface area contributed by atoms with Gasteiger partial charge in [0.25, 0.3) is 0 Å². The molecule has 1 N–H and O–H groups in total. The first kappa shape index (κ1) is 22.3. The van der Waals surface area contributed by atoms with Gasteiger partial charge >= 0.3 is 11.9 Å². The van der Waals surface area contributed by atoms with E-state index in [0.29, 0.717) is 23.6 Å². The molecule has 0 aliphatic carbocycles. The van der Waals surface area contributed by atoms with E-state index in [1.54, 1.807) is 13.8 Å². The van der Waals surface area contributed by atoms with Gasteiger partial charge in [-0.15, -0.1) is 0 Å². The minimum Gasteiger partial charge on any atom is -0.462 e. The fourth-order valence-corrected chi connectivity index (χ4v) is 5.51. The van der Waals surface area contributed by atoms with E-state index in [4.69, 9.17) is 18.9 Å². The normalized spacial score (nSPS) is 15.5. The van der Waals surface area contributed by atoms with Gasteiger partial charge in [0.1, 0.15) is 0 Å². The summed E-state index contributed by atoms with van der Waals surface area (Å²) in [5.41, 5.74) is 5.95. The molecule has 8 heteroatoms. The number of nitrogens with zero attached hydrogens (tertiary/aromatic N) is 1. The van der Waals surface area contributed by atoms with Gasteiger partial charge in [-0.25, -0.2) is 9.59 Å². The van der Waals surface area contributed by atoms with Crippen LogP contribution in [-0.2, 0) is 15.9 Å². The average molecular weight is 487 g/mol. The van der Waals surface area contributed by atoms with E-state index in [1.807, 2.05) is 43.3 Å². The fraction of sp³-hybridized carbons (Fsp3) is 0.286. The number of ether oxygens (including phenoxy) is 4. The summed E-state index contributed by atoms with van der Waals surface area (Å²) in [4.78, 5) is 30.0. The quantitative estimate of drug-likeness (QED) is 0.355. The number of aromatic amines is 1. The van der Waals surface area contributed by atoms with Crippen molar-refractivity contribution in [1.82, 2.24) is 9.55 Å². The van der Waals surface area contributed by atoms with Crippen LogP contribution in [0, 0.1) is 6.92 Å². The molecular weight excluding hydrogens is 460 g/mol. The Hall–Kier alpha value is -4.20. The lowest BCUT2D eigenvalue weighted by atomic mass is 9.91. The predicted molar refractivity (Wildman–Crippen MR) is 132 cm³/mol. The van der Waals surface area contributed by atoms with Crippen molar-refractivity contribution in [3.05, 3.63) is 81.8 Å². The zero-order valence-electron chi connectivity index (χ0n) is 20.3. The molecular formula is C28H26N2O6. The highest BCUT2D eigenvalue weighted by molar-refractivity contribution is 6.06. The van der Waals surface area contributed by atoms with E-state index in [-0.39, 0.29) is 37.2 Å². The van der Waals surface area contributed by atoms with Crippen LogP contribution in [0.5, 0.6) is 11.5 Å². The second kappa shape index (κ2) is 8.48. The zero-order valence-corrected chi connectivity index (χ0v) is 20.3. The number of hydrogen-bond donors (Lipinski definition) is 1. The lowest BCUT2D eigenvalue weighted by molar-refractivity contribution is 0.0479. The number of aromatic nitrogens is 2. The van der Waals surface area contributed by atoms with Crippen molar-refractivity contribution in [2.24, 2.45) is 0 Å². The molecule has 0 saturated carbocycles. The van der Waals surface area contributed by atoms with E-state index < -0.39 is 11.9 Å². The maximum Gasteiger partial charge on any atom is 0.340 e. The van der Waals surface area contributed by atoms with Crippen molar-refractivity contribution >= 4 is 22.8 Å². The Morgan fingerprint density at radius 1 is 1.00 bits per heavy atom. The molecule has 0 bridgehead atoms. The molecule has 2 aliphatic rings. The van der Waals surface area contributed by atoms with E-state index in [9.17, 15) is 9.59 Å². The molecule has 2 aromatic carbocycles. The molecule has 36 heavy (non-hydrogen) atoms. The first-order chi connectivity index (χ1) is 17.5. The van der Waals surface area contributed by atoms with Gasteiger partial charge in [-0.1, -0.05) is 24.3 Å². The number of benzene rings is 2. The Kier molecular flexibility index (Phi) is 5.25. The maximum absolute atomic E-state index is 13.3. The molecule has 2 aliphatic heterocycles. The molecule has 0 unspecified atom stereocenters. The molecule has 6 rings (SSSR count). The van der Waals surface area contributed by atoms with Gasteiger partial charge in [0.15, 0.2) is 11.5 Å². The molecule has 1 atom stereocenters. The van der Waals surface area contributed by atoms with Crippen LogP contribution in [0.3, 0.4) is 0 Å². The van der Waals surface area contributed by atoms with Crippen LogP contribution < -0.4 is 9.47 Å². The average Bonchev–Trinajstić information content (AvgIpc) is 3.56. The summed E-state index contributed by atoms with van der Waals surface area (Å²) in [5.74, 6) is 0.302. The summed E-state index contributed by atoms with van der Waals surface area (Å²) in [7, 11) is 0. The van der Waals surface area contributed by atoms with E-state index in [0.717, 1.165) is 33.4 Å². The first-order valence-electron chi connectivity index (χ1n) is 12.1. The minimum atomic E-state index is -0.530. The van der Waals surface area contributed by atoms with Crippen molar-refractivity contribution in [2.75, 3.05) is 20.0 Å². The molecule has 2 aromatic heterocycles. The molecule has 0 spiro atoms. The monoisotopic (exact) mass is 486 g/mol. The topological polar surface area (TPSA) is 91.8 Å². The number of carbonyl (C=O) groups excluding carboxylic acids is 2. The van der Waals surface area contributed by atoms with Crippen LogP contribution in [0.2, 0.25) is 0 Å². The Labute approximate surface area is 207 Å². The summed E-state index contributed by atoms with van der Waals surface area (Å²) in [6.45, 7) is 5.94.